The van der Waals surface area contributed by atoms with E-state index in [2.05, 4.69) is 0 Å². The summed E-state index contributed by atoms with van der Waals surface area (Å²) in [5.74, 6) is -3.96. The maximum Gasteiger partial charge on any atom is 0.340 e. The highest BCUT2D eigenvalue weighted by atomic mass is 16.5. The van der Waals surface area contributed by atoms with Crippen LogP contribution in [0.15, 0.2) is 54.6 Å². The summed E-state index contributed by atoms with van der Waals surface area (Å²) in [6.07, 6.45) is 0. The third-order valence-corrected chi connectivity index (χ3v) is 3.78. The molecule has 3 rings (SSSR count). The molecule has 0 amide bonds. The van der Waals surface area contributed by atoms with Crippen LogP contribution in [0.5, 0.6) is 11.5 Å². The van der Waals surface area contributed by atoms with Crippen molar-refractivity contribution >= 4 is 28.7 Å². The Morgan fingerprint density at radius 3 is 2.08 bits per heavy atom. The number of hydrogen-bond acceptors (Lipinski definition) is 4. The first-order valence-electron chi connectivity index (χ1n) is 7.42. The van der Waals surface area contributed by atoms with E-state index < -0.39 is 23.5 Å². The van der Waals surface area contributed by atoms with Gasteiger partial charge in [0, 0.05) is 0 Å². The monoisotopic (exact) mass is 352 g/mol. The van der Waals surface area contributed by atoms with Crippen LogP contribution in [0.4, 0.5) is 0 Å². The lowest BCUT2D eigenvalue weighted by atomic mass is 10.0. The molecule has 0 aliphatic carbocycles. The number of carbonyl (C=O) groups is 3. The van der Waals surface area contributed by atoms with Crippen molar-refractivity contribution in [1.29, 1.82) is 0 Å². The van der Waals surface area contributed by atoms with Crippen LogP contribution in [-0.4, -0.2) is 33.2 Å². The molecule has 0 aliphatic heterocycles. The summed E-state index contributed by atoms with van der Waals surface area (Å²) >= 11 is 0. The van der Waals surface area contributed by atoms with E-state index in [0.29, 0.717) is 10.8 Å². The largest absolute Gasteiger partial charge is 0.478 e. The summed E-state index contributed by atoms with van der Waals surface area (Å²) in [4.78, 5) is 34.1. The first kappa shape index (κ1) is 17.0. The van der Waals surface area contributed by atoms with Crippen LogP contribution in [0.1, 0.15) is 31.1 Å². The van der Waals surface area contributed by atoms with Gasteiger partial charge in [-0.25, -0.2) is 14.4 Å². The molecule has 0 radical (unpaired) electrons. The van der Waals surface area contributed by atoms with Gasteiger partial charge in [-0.15, -0.1) is 0 Å². The van der Waals surface area contributed by atoms with E-state index in [-0.39, 0.29) is 22.6 Å². The Morgan fingerprint density at radius 1 is 0.731 bits per heavy atom. The van der Waals surface area contributed by atoms with E-state index in [9.17, 15) is 24.6 Å². The summed E-state index contributed by atoms with van der Waals surface area (Å²) in [5, 5.41) is 29.0. The summed E-state index contributed by atoms with van der Waals surface area (Å²) in [6.45, 7) is 0. The number of ether oxygens (including phenoxy) is 1. The molecule has 7 nitrogen and oxygen atoms in total. The second-order valence-electron chi connectivity index (χ2n) is 5.38. The minimum atomic E-state index is -1.43. The molecule has 0 bridgehead atoms. The molecule has 0 atom stereocenters. The molecule has 7 heteroatoms. The average Bonchev–Trinajstić information content (AvgIpc) is 2.60. The Labute approximate surface area is 146 Å². The number of aromatic carboxylic acids is 3. The highest BCUT2D eigenvalue weighted by Crippen LogP contribution is 2.32. The second kappa shape index (κ2) is 6.56. The van der Waals surface area contributed by atoms with Crippen molar-refractivity contribution in [3.8, 4) is 11.5 Å². The van der Waals surface area contributed by atoms with Gasteiger partial charge in [-0.3, -0.25) is 0 Å². The zero-order valence-electron chi connectivity index (χ0n) is 13.2. The van der Waals surface area contributed by atoms with Crippen molar-refractivity contribution in [3.05, 3.63) is 71.3 Å². The van der Waals surface area contributed by atoms with E-state index in [4.69, 9.17) is 9.84 Å². The zero-order chi connectivity index (χ0) is 18.8. The molecule has 3 aromatic rings. The molecule has 0 spiro atoms. The molecule has 26 heavy (non-hydrogen) atoms. The summed E-state index contributed by atoms with van der Waals surface area (Å²) in [5.41, 5.74) is -0.906. The van der Waals surface area contributed by atoms with E-state index in [1.54, 1.807) is 30.3 Å². The van der Waals surface area contributed by atoms with Crippen molar-refractivity contribution in [3.63, 3.8) is 0 Å². The van der Waals surface area contributed by atoms with Gasteiger partial charge >= 0.3 is 17.9 Å². The quantitative estimate of drug-likeness (QED) is 0.639. The van der Waals surface area contributed by atoms with Crippen LogP contribution in [-0.2, 0) is 0 Å². The van der Waals surface area contributed by atoms with Gasteiger partial charge in [0.15, 0.2) is 0 Å². The van der Waals surface area contributed by atoms with E-state index in [0.717, 1.165) is 12.1 Å². The van der Waals surface area contributed by atoms with Crippen LogP contribution in [0.2, 0.25) is 0 Å². The lowest BCUT2D eigenvalue weighted by Gasteiger charge is -2.12. The minimum Gasteiger partial charge on any atom is -0.478 e. The third-order valence-electron chi connectivity index (χ3n) is 3.78. The minimum absolute atomic E-state index is 0.0187. The molecule has 0 saturated heterocycles. The Bertz CT molecular complexity index is 1050. The fourth-order valence-corrected chi connectivity index (χ4v) is 2.63. The molecule has 3 N–H and O–H groups in total. The molecule has 0 fully saturated rings. The zero-order valence-corrected chi connectivity index (χ0v) is 13.2. The van der Waals surface area contributed by atoms with Gasteiger partial charge in [0.1, 0.15) is 17.1 Å². The van der Waals surface area contributed by atoms with Gasteiger partial charge in [0.05, 0.1) is 11.1 Å². The van der Waals surface area contributed by atoms with Crippen molar-refractivity contribution in [1.82, 2.24) is 0 Å². The van der Waals surface area contributed by atoms with E-state index >= 15 is 0 Å². The SMILES string of the molecule is O=C(O)c1ccc(Oc2ccc3ccccc3c2C(=O)O)cc1C(=O)O. The lowest BCUT2D eigenvalue weighted by molar-refractivity contribution is 0.0651. The van der Waals surface area contributed by atoms with Gasteiger partial charge in [-0.05, 0) is 35.0 Å². The molecule has 0 aromatic heterocycles. The molecule has 3 aromatic carbocycles. The number of carboxylic acid groups (broad SMARTS) is 3. The Kier molecular flexibility index (Phi) is 4.28. The van der Waals surface area contributed by atoms with E-state index in [1.165, 1.54) is 12.1 Å². The number of carboxylic acids is 3. The normalized spacial score (nSPS) is 10.5. The molecule has 0 saturated carbocycles. The second-order valence-corrected chi connectivity index (χ2v) is 5.38. The lowest BCUT2D eigenvalue weighted by Crippen LogP contribution is -2.08. The highest BCUT2D eigenvalue weighted by molar-refractivity contribution is 6.06. The number of fused-ring (bicyclic) bond motifs is 1. The fourth-order valence-electron chi connectivity index (χ4n) is 2.63. The topological polar surface area (TPSA) is 121 Å². The van der Waals surface area contributed by atoms with Crippen LogP contribution >= 0.6 is 0 Å². The Morgan fingerprint density at radius 2 is 1.42 bits per heavy atom. The molecule has 0 heterocycles. The first-order chi connectivity index (χ1) is 12.4. The van der Waals surface area contributed by atoms with Crippen molar-refractivity contribution in [2.75, 3.05) is 0 Å². The molecular weight excluding hydrogens is 340 g/mol. The molecule has 0 aliphatic rings. The molecule has 0 unspecified atom stereocenters. The fraction of sp³-hybridized carbons (Fsp3) is 0. The number of hydrogen-bond donors (Lipinski definition) is 3. The van der Waals surface area contributed by atoms with Crippen molar-refractivity contribution in [2.45, 2.75) is 0 Å². The van der Waals surface area contributed by atoms with Gasteiger partial charge in [0.25, 0.3) is 0 Å². The van der Waals surface area contributed by atoms with Gasteiger partial charge in [0.2, 0.25) is 0 Å². The highest BCUT2D eigenvalue weighted by Gasteiger charge is 2.19. The van der Waals surface area contributed by atoms with Gasteiger partial charge in [-0.2, -0.15) is 0 Å². The molecule has 130 valence electrons. The van der Waals surface area contributed by atoms with Crippen LogP contribution in [0.3, 0.4) is 0 Å². The first-order valence-corrected chi connectivity index (χ1v) is 7.42. The Hall–Kier alpha value is -3.87. The maximum absolute atomic E-state index is 11.7. The van der Waals surface area contributed by atoms with Crippen LogP contribution < -0.4 is 4.74 Å². The van der Waals surface area contributed by atoms with Crippen molar-refractivity contribution in [2.24, 2.45) is 0 Å². The smallest absolute Gasteiger partial charge is 0.340 e. The van der Waals surface area contributed by atoms with Crippen molar-refractivity contribution < 1.29 is 34.4 Å². The van der Waals surface area contributed by atoms with Gasteiger partial charge in [-0.1, -0.05) is 30.3 Å². The molecular formula is C19H12O7. The van der Waals surface area contributed by atoms with Crippen LogP contribution in [0.25, 0.3) is 10.8 Å². The number of benzene rings is 3. The number of rotatable bonds is 5. The summed E-state index contributed by atoms with van der Waals surface area (Å²) in [6, 6.07) is 13.4. The van der Waals surface area contributed by atoms with E-state index in [1.807, 2.05) is 0 Å². The average molecular weight is 352 g/mol. The summed E-state index contributed by atoms with van der Waals surface area (Å²) < 4.78 is 5.57. The summed E-state index contributed by atoms with van der Waals surface area (Å²) in [7, 11) is 0. The standard InChI is InChI=1S/C19H12O7/c20-17(21)13-7-6-11(9-14(13)18(22)23)26-15-8-5-10-3-1-2-4-12(10)16(15)19(24)25/h1-9H,(H,20,21)(H,22,23)(H,24,25). The maximum atomic E-state index is 11.7. The van der Waals surface area contributed by atoms with Crippen LogP contribution in [0, 0.1) is 0 Å². The Balaban J connectivity index is 2.11. The predicted molar refractivity (Wildman–Crippen MR) is 91.3 cm³/mol. The van der Waals surface area contributed by atoms with Gasteiger partial charge < -0.3 is 20.1 Å². The predicted octanol–water partition coefficient (Wildman–Crippen LogP) is 3.73. The third kappa shape index (κ3) is 3.05.